The van der Waals surface area contributed by atoms with E-state index in [1.165, 1.54) is 0 Å². The Bertz CT molecular complexity index is 524. The van der Waals surface area contributed by atoms with Gasteiger partial charge in [-0.05, 0) is 57.6 Å². The van der Waals surface area contributed by atoms with Crippen LogP contribution in [0.5, 0.6) is 5.75 Å². The van der Waals surface area contributed by atoms with Crippen molar-refractivity contribution in [2.45, 2.75) is 13.0 Å². The summed E-state index contributed by atoms with van der Waals surface area (Å²) in [5, 5.41) is 2.04. The Hall–Kier alpha value is -0.840. The van der Waals surface area contributed by atoms with Crippen molar-refractivity contribution in [1.82, 2.24) is 0 Å². The SMILES string of the molecule is COc1ccc(C(N)c2sccc2Br)c(C)c1. The van der Waals surface area contributed by atoms with E-state index in [-0.39, 0.29) is 6.04 Å². The summed E-state index contributed by atoms with van der Waals surface area (Å²) in [6.07, 6.45) is 0. The third kappa shape index (κ3) is 2.54. The molecule has 0 aliphatic carbocycles. The van der Waals surface area contributed by atoms with E-state index in [1.54, 1.807) is 18.4 Å². The van der Waals surface area contributed by atoms with Crippen LogP contribution in [-0.2, 0) is 0 Å². The first-order valence-corrected chi connectivity index (χ1v) is 6.93. The molecule has 0 aliphatic rings. The van der Waals surface area contributed by atoms with Gasteiger partial charge >= 0.3 is 0 Å². The molecule has 2 aromatic rings. The third-order valence-electron chi connectivity index (χ3n) is 2.74. The number of thiophene rings is 1. The summed E-state index contributed by atoms with van der Waals surface area (Å²) in [6.45, 7) is 2.05. The molecule has 0 saturated carbocycles. The molecule has 0 bridgehead atoms. The molecule has 0 spiro atoms. The van der Waals surface area contributed by atoms with E-state index < -0.39 is 0 Å². The Balaban J connectivity index is 2.38. The lowest BCUT2D eigenvalue weighted by molar-refractivity contribution is 0.414. The van der Waals surface area contributed by atoms with E-state index in [2.05, 4.69) is 22.9 Å². The summed E-state index contributed by atoms with van der Waals surface area (Å²) in [4.78, 5) is 1.15. The normalized spacial score (nSPS) is 12.5. The third-order valence-corrected chi connectivity index (χ3v) is 4.69. The molecule has 17 heavy (non-hydrogen) atoms. The van der Waals surface area contributed by atoms with E-state index in [0.29, 0.717) is 0 Å². The van der Waals surface area contributed by atoms with Gasteiger partial charge in [0.1, 0.15) is 5.75 Å². The second kappa shape index (κ2) is 5.21. The summed E-state index contributed by atoms with van der Waals surface area (Å²) in [6, 6.07) is 7.93. The number of hydrogen-bond acceptors (Lipinski definition) is 3. The summed E-state index contributed by atoms with van der Waals surface area (Å²) in [5.41, 5.74) is 8.58. The van der Waals surface area contributed by atoms with Gasteiger partial charge in [0.2, 0.25) is 0 Å². The van der Waals surface area contributed by atoms with Crippen LogP contribution >= 0.6 is 27.3 Å². The topological polar surface area (TPSA) is 35.2 Å². The van der Waals surface area contributed by atoms with Crippen LogP contribution < -0.4 is 10.5 Å². The van der Waals surface area contributed by atoms with Crippen molar-refractivity contribution in [1.29, 1.82) is 0 Å². The molecule has 2 N–H and O–H groups in total. The molecule has 1 atom stereocenters. The van der Waals surface area contributed by atoms with Gasteiger partial charge in [0.15, 0.2) is 0 Å². The van der Waals surface area contributed by atoms with E-state index in [0.717, 1.165) is 26.2 Å². The first-order chi connectivity index (χ1) is 8.13. The summed E-state index contributed by atoms with van der Waals surface area (Å²) >= 11 is 5.19. The number of aryl methyl sites for hydroxylation is 1. The zero-order chi connectivity index (χ0) is 12.4. The highest BCUT2D eigenvalue weighted by molar-refractivity contribution is 9.10. The molecule has 0 fully saturated rings. The van der Waals surface area contributed by atoms with Crippen LogP contribution in [0.3, 0.4) is 0 Å². The maximum absolute atomic E-state index is 6.29. The van der Waals surface area contributed by atoms with Crippen molar-refractivity contribution in [3.05, 3.63) is 50.1 Å². The first-order valence-electron chi connectivity index (χ1n) is 5.26. The fourth-order valence-electron chi connectivity index (χ4n) is 1.79. The van der Waals surface area contributed by atoms with Gasteiger partial charge in [0.05, 0.1) is 13.2 Å². The molecular formula is C13H14BrNOS. The average Bonchev–Trinajstić information content (AvgIpc) is 2.74. The van der Waals surface area contributed by atoms with Crippen molar-refractivity contribution in [3.8, 4) is 5.75 Å². The van der Waals surface area contributed by atoms with E-state index in [9.17, 15) is 0 Å². The summed E-state index contributed by atoms with van der Waals surface area (Å²) < 4.78 is 6.27. The molecule has 0 radical (unpaired) electrons. The lowest BCUT2D eigenvalue weighted by Crippen LogP contribution is -2.12. The molecule has 0 aliphatic heterocycles. The zero-order valence-corrected chi connectivity index (χ0v) is 12.1. The largest absolute Gasteiger partial charge is 0.497 e. The van der Waals surface area contributed by atoms with Gasteiger partial charge in [-0.25, -0.2) is 0 Å². The number of hydrogen-bond donors (Lipinski definition) is 1. The number of ether oxygens (including phenoxy) is 1. The zero-order valence-electron chi connectivity index (χ0n) is 9.74. The van der Waals surface area contributed by atoms with Crippen molar-refractivity contribution in [3.63, 3.8) is 0 Å². The number of benzene rings is 1. The van der Waals surface area contributed by atoms with Gasteiger partial charge in [-0.1, -0.05) is 6.07 Å². The average molecular weight is 312 g/mol. The highest BCUT2D eigenvalue weighted by Crippen LogP contribution is 2.33. The number of nitrogens with two attached hydrogens (primary N) is 1. The highest BCUT2D eigenvalue weighted by atomic mass is 79.9. The second-order valence-electron chi connectivity index (χ2n) is 3.83. The quantitative estimate of drug-likeness (QED) is 0.933. The van der Waals surface area contributed by atoms with Crippen molar-refractivity contribution in [2.75, 3.05) is 7.11 Å². The minimum atomic E-state index is -0.0877. The molecule has 2 rings (SSSR count). The maximum Gasteiger partial charge on any atom is 0.119 e. The lowest BCUT2D eigenvalue weighted by atomic mass is 10.0. The minimum absolute atomic E-state index is 0.0877. The minimum Gasteiger partial charge on any atom is -0.497 e. The molecule has 0 amide bonds. The van der Waals surface area contributed by atoms with Crippen LogP contribution in [0, 0.1) is 6.92 Å². The van der Waals surface area contributed by atoms with Gasteiger partial charge in [0, 0.05) is 9.35 Å². The summed E-state index contributed by atoms with van der Waals surface area (Å²) in [7, 11) is 1.67. The predicted octanol–water partition coefficient (Wildman–Crippen LogP) is 3.88. The Morgan fingerprint density at radius 2 is 2.12 bits per heavy atom. The maximum atomic E-state index is 6.29. The van der Waals surface area contributed by atoms with Crippen LogP contribution in [0.2, 0.25) is 0 Å². The first kappa shape index (κ1) is 12.6. The molecule has 90 valence electrons. The van der Waals surface area contributed by atoms with Crippen LogP contribution in [-0.4, -0.2) is 7.11 Å². The fraction of sp³-hybridized carbons (Fsp3) is 0.231. The summed E-state index contributed by atoms with van der Waals surface area (Å²) in [5.74, 6) is 0.865. The van der Waals surface area contributed by atoms with E-state index in [4.69, 9.17) is 10.5 Å². The van der Waals surface area contributed by atoms with Crippen molar-refractivity contribution in [2.24, 2.45) is 5.73 Å². The Kier molecular flexibility index (Phi) is 3.86. The van der Waals surface area contributed by atoms with E-state index >= 15 is 0 Å². The molecule has 1 heterocycles. The van der Waals surface area contributed by atoms with Gasteiger partial charge in [0.25, 0.3) is 0 Å². The molecule has 1 unspecified atom stereocenters. The van der Waals surface area contributed by atoms with Crippen molar-refractivity contribution >= 4 is 27.3 Å². The van der Waals surface area contributed by atoms with Gasteiger partial charge < -0.3 is 10.5 Å². The smallest absolute Gasteiger partial charge is 0.119 e. The van der Waals surface area contributed by atoms with Crippen LogP contribution in [0.4, 0.5) is 0 Å². The van der Waals surface area contributed by atoms with Crippen LogP contribution in [0.15, 0.2) is 34.1 Å². The molecule has 1 aromatic carbocycles. The lowest BCUT2D eigenvalue weighted by Gasteiger charge is -2.15. The van der Waals surface area contributed by atoms with E-state index in [1.807, 2.05) is 29.6 Å². The molecular weight excluding hydrogens is 298 g/mol. The molecule has 0 saturated heterocycles. The molecule has 1 aromatic heterocycles. The van der Waals surface area contributed by atoms with Gasteiger partial charge in [-0.15, -0.1) is 11.3 Å². The fourth-order valence-corrected chi connectivity index (χ4v) is 3.43. The van der Waals surface area contributed by atoms with Gasteiger partial charge in [-0.3, -0.25) is 0 Å². The molecule has 2 nitrogen and oxygen atoms in total. The Morgan fingerprint density at radius 1 is 1.35 bits per heavy atom. The Morgan fingerprint density at radius 3 is 2.65 bits per heavy atom. The van der Waals surface area contributed by atoms with Gasteiger partial charge in [-0.2, -0.15) is 0 Å². The number of rotatable bonds is 3. The predicted molar refractivity (Wildman–Crippen MR) is 75.8 cm³/mol. The number of halogens is 1. The standard InChI is InChI=1S/C13H14BrNOS/c1-8-7-9(16-2)3-4-10(8)12(15)13-11(14)5-6-17-13/h3-7,12H,15H2,1-2H3. The Labute approximate surface area is 114 Å². The second-order valence-corrected chi connectivity index (χ2v) is 5.64. The van der Waals surface area contributed by atoms with Crippen LogP contribution in [0.1, 0.15) is 22.0 Å². The number of methoxy groups -OCH3 is 1. The monoisotopic (exact) mass is 311 g/mol. The van der Waals surface area contributed by atoms with Crippen molar-refractivity contribution < 1.29 is 4.74 Å². The highest BCUT2D eigenvalue weighted by Gasteiger charge is 2.15. The molecule has 4 heteroatoms. The van der Waals surface area contributed by atoms with Crippen LogP contribution in [0.25, 0.3) is 0 Å².